The van der Waals surface area contributed by atoms with E-state index in [9.17, 15) is 9.59 Å². The lowest BCUT2D eigenvalue weighted by Crippen LogP contribution is -2.49. The van der Waals surface area contributed by atoms with Crippen LogP contribution < -0.4 is 5.32 Å². The molecule has 188 valence electrons. The largest absolute Gasteiger partial charge is 0.383 e. The molecular formula is C28H28Cl2N2O3S. The summed E-state index contributed by atoms with van der Waals surface area (Å²) in [5, 5.41) is 4.23. The summed E-state index contributed by atoms with van der Waals surface area (Å²) in [6, 6.07) is 22.3. The van der Waals surface area contributed by atoms with Crippen molar-refractivity contribution in [2.75, 3.05) is 20.3 Å². The Labute approximate surface area is 226 Å². The third-order valence-corrected chi connectivity index (χ3v) is 8.17. The second-order valence-corrected chi connectivity index (χ2v) is 11.1. The average molecular weight is 544 g/mol. The number of hydrogen-bond acceptors (Lipinski definition) is 4. The van der Waals surface area contributed by atoms with Crippen LogP contribution in [0, 0.1) is 6.92 Å². The lowest BCUT2D eigenvalue weighted by molar-refractivity contribution is -0.129. The van der Waals surface area contributed by atoms with Gasteiger partial charge in [-0.3, -0.25) is 9.59 Å². The van der Waals surface area contributed by atoms with Crippen molar-refractivity contribution in [1.82, 2.24) is 10.2 Å². The first-order chi connectivity index (χ1) is 17.3. The minimum atomic E-state index is -1.10. The first-order valence-electron chi connectivity index (χ1n) is 11.6. The molecule has 3 aromatic carbocycles. The molecule has 3 aromatic rings. The van der Waals surface area contributed by atoms with Gasteiger partial charge in [0.25, 0.3) is 0 Å². The van der Waals surface area contributed by atoms with Crippen molar-refractivity contribution in [2.24, 2.45) is 0 Å². The number of carbonyl (C=O) groups excluding carboxylic acids is 2. The number of halogens is 2. The van der Waals surface area contributed by atoms with E-state index in [1.165, 1.54) is 11.8 Å². The third kappa shape index (κ3) is 5.89. The van der Waals surface area contributed by atoms with Gasteiger partial charge in [-0.2, -0.15) is 0 Å². The van der Waals surface area contributed by atoms with E-state index in [1.54, 1.807) is 36.3 Å². The Hall–Kier alpha value is -2.51. The molecule has 0 radical (unpaired) electrons. The van der Waals surface area contributed by atoms with Crippen LogP contribution in [0.5, 0.6) is 0 Å². The topological polar surface area (TPSA) is 58.6 Å². The smallest absolute Gasteiger partial charge is 0.239 e. The second kappa shape index (κ2) is 11.7. The van der Waals surface area contributed by atoms with Crippen molar-refractivity contribution < 1.29 is 14.3 Å². The number of rotatable bonds is 9. The Balaban J connectivity index is 1.81. The Morgan fingerprint density at radius 3 is 2.25 bits per heavy atom. The highest BCUT2D eigenvalue weighted by atomic mass is 35.5. The predicted molar refractivity (Wildman–Crippen MR) is 145 cm³/mol. The van der Waals surface area contributed by atoms with Crippen LogP contribution in [-0.4, -0.2) is 41.7 Å². The highest BCUT2D eigenvalue weighted by Gasteiger charge is 2.58. The lowest BCUT2D eigenvalue weighted by atomic mass is 9.91. The summed E-state index contributed by atoms with van der Waals surface area (Å²) in [7, 11) is 1.59. The standard InChI is InChI=1S/C28H28Cl2N2O3S/c1-19-3-13-24(14-4-19)36-28(27(34)31-15-16-35-2)17-25(33)32(18-20-5-9-22(29)10-6-20)26(28)21-7-11-23(30)12-8-21/h3-14,26H,15-18H2,1-2H3,(H,31,34). The maximum Gasteiger partial charge on any atom is 0.239 e. The van der Waals surface area contributed by atoms with Crippen LogP contribution in [0.25, 0.3) is 0 Å². The predicted octanol–water partition coefficient (Wildman–Crippen LogP) is 6.07. The zero-order valence-electron chi connectivity index (χ0n) is 20.2. The van der Waals surface area contributed by atoms with E-state index in [4.69, 9.17) is 27.9 Å². The van der Waals surface area contributed by atoms with Gasteiger partial charge in [0.1, 0.15) is 4.75 Å². The summed E-state index contributed by atoms with van der Waals surface area (Å²) in [6.45, 7) is 3.10. The van der Waals surface area contributed by atoms with Crippen molar-refractivity contribution in [3.05, 3.63) is 99.5 Å². The second-order valence-electron chi connectivity index (χ2n) is 8.83. The van der Waals surface area contributed by atoms with Crippen LogP contribution in [0.15, 0.2) is 77.7 Å². The van der Waals surface area contributed by atoms with Crippen molar-refractivity contribution in [1.29, 1.82) is 0 Å². The maximum absolute atomic E-state index is 13.9. The molecule has 2 amide bonds. The molecule has 0 bridgehead atoms. The van der Waals surface area contributed by atoms with E-state index in [1.807, 2.05) is 55.5 Å². The van der Waals surface area contributed by atoms with Gasteiger partial charge in [-0.05, 0) is 54.4 Å². The van der Waals surface area contributed by atoms with E-state index in [0.717, 1.165) is 21.6 Å². The molecule has 5 nitrogen and oxygen atoms in total. The number of nitrogens with zero attached hydrogens (tertiary/aromatic N) is 1. The minimum absolute atomic E-state index is 0.0608. The number of carbonyl (C=O) groups is 2. The molecule has 1 aliphatic rings. The maximum atomic E-state index is 13.9. The Morgan fingerprint density at radius 1 is 1.03 bits per heavy atom. The summed E-state index contributed by atoms with van der Waals surface area (Å²) < 4.78 is 4.05. The fraction of sp³-hybridized carbons (Fsp3) is 0.286. The summed E-state index contributed by atoms with van der Waals surface area (Å²) in [5.41, 5.74) is 2.91. The minimum Gasteiger partial charge on any atom is -0.383 e. The summed E-state index contributed by atoms with van der Waals surface area (Å²) in [4.78, 5) is 30.3. The van der Waals surface area contributed by atoms with E-state index < -0.39 is 10.8 Å². The van der Waals surface area contributed by atoms with Crippen molar-refractivity contribution in [3.8, 4) is 0 Å². The fourth-order valence-corrected chi connectivity index (χ4v) is 6.13. The number of nitrogens with one attached hydrogen (secondary N) is 1. The number of hydrogen-bond donors (Lipinski definition) is 1. The number of thioether (sulfide) groups is 1. The van der Waals surface area contributed by atoms with Gasteiger partial charge in [0, 0.05) is 35.1 Å². The molecule has 4 rings (SSSR count). The van der Waals surface area contributed by atoms with Gasteiger partial charge in [-0.15, -0.1) is 11.8 Å². The Morgan fingerprint density at radius 2 is 1.64 bits per heavy atom. The van der Waals surface area contributed by atoms with Gasteiger partial charge in [0.15, 0.2) is 0 Å². The van der Waals surface area contributed by atoms with Crippen LogP contribution in [0.1, 0.15) is 29.2 Å². The van der Waals surface area contributed by atoms with Crippen LogP contribution in [0.2, 0.25) is 10.0 Å². The zero-order chi connectivity index (χ0) is 25.7. The molecular weight excluding hydrogens is 515 g/mol. The molecule has 0 spiro atoms. The first-order valence-corrected chi connectivity index (χ1v) is 13.2. The fourth-order valence-electron chi connectivity index (χ4n) is 4.45. The Kier molecular flexibility index (Phi) is 8.62. The van der Waals surface area contributed by atoms with Gasteiger partial charge in [0.2, 0.25) is 11.8 Å². The first kappa shape index (κ1) is 26.6. The highest BCUT2D eigenvalue weighted by Crippen LogP contribution is 2.53. The van der Waals surface area contributed by atoms with Crippen LogP contribution in [-0.2, 0) is 20.9 Å². The molecule has 1 fully saturated rings. The normalized spacial score (nSPS) is 19.5. The van der Waals surface area contributed by atoms with Crippen LogP contribution in [0.3, 0.4) is 0 Å². The van der Waals surface area contributed by atoms with Gasteiger partial charge in [0.05, 0.1) is 19.1 Å². The molecule has 0 saturated carbocycles. The number of aryl methyl sites for hydroxylation is 1. The lowest BCUT2D eigenvalue weighted by Gasteiger charge is -2.36. The summed E-state index contributed by atoms with van der Waals surface area (Å²) in [5.74, 6) is -0.288. The van der Waals surface area contributed by atoms with Gasteiger partial charge >= 0.3 is 0 Å². The number of methoxy groups -OCH3 is 1. The van der Waals surface area contributed by atoms with Crippen molar-refractivity contribution in [2.45, 2.75) is 35.6 Å². The van der Waals surface area contributed by atoms with E-state index in [2.05, 4.69) is 5.32 Å². The molecule has 1 heterocycles. The monoisotopic (exact) mass is 542 g/mol. The van der Waals surface area contributed by atoms with Gasteiger partial charge < -0.3 is 15.0 Å². The molecule has 0 aliphatic carbocycles. The van der Waals surface area contributed by atoms with E-state index >= 15 is 0 Å². The summed E-state index contributed by atoms with van der Waals surface area (Å²) >= 11 is 13.7. The SMILES string of the molecule is COCCNC(=O)C1(Sc2ccc(C)cc2)CC(=O)N(Cc2ccc(Cl)cc2)C1c1ccc(Cl)cc1. The molecule has 1 N–H and O–H groups in total. The molecule has 2 unspecified atom stereocenters. The number of ether oxygens (including phenoxy) is 1. The molecule has 0 aromatic heterocycles. The molecule has 1 saturated heterocycles. The van der Waals surface area contributed by atoms with Gasteiger partial charge in [-0.1, -0.05) is 65.2 Å². The van der Waals surface area contributed by atoms with Gasteiger partial charge in [-0.25, -0.2) is 0 Å². The van der Waals surface area contributed by atoms with E-state index in [-0.39, 0.29) is 18.2 Å². The zero-order valence-corrected chi connectivity index (χ0v) is 22.5. The number of benzene rings is 3. The van der Waals surface area contributed by atoms with Crippen molar-refractivity contribution in [3.63, 3.8) is 0 Å². The highest BCUT2D eigenvalue weighted by molar-refractivity contribution is 8.01. The van der Waals surface area contributed by atoms with E-state index in [0.29, 0.717) is 29.7 Å². The average Bonchev–Trinajstić information content (AvgIpc) is 3.14. The van der Waals surface area contributed by atoms with Crippen LogP contribution in [0.4, 0.5) is 0 Å². The summed E-state index contributed by atoms with van der Waals surface area (Å²) in [6.07, 6.45) is 0.0608. The number of amides is 2. The molecule has 2 atom stereocenters. The quantitative estimate of drug-likeness (QED) is 0.333. The molecule has 8 heteroatoms. The third-order valence-electron chi connectivity index (χ3n) is 6.24. The number of likely N-dealkylation sites (tertiary alicyclic amines) is 1. The van der Waals surface area contributed by atoms with Crippen molar-refractivity contribution >= 4 is 46.8 Å². The molecule has 1 aliphatic heterocycles. The Bertz CT molecular complexity index is 1200. The molecule has 36 heavy (non-hydrogen) atoms. The van der Waals surface area contributed by atoms with Crippen LogP contribution >= 0.6 is 35.0 Å².